The number of benzene rings is 2. The molecule has 0 unspecified atom stereocenters. The number of carbonyl (C=O) groups is 1. The van der Waals surface area contributed by atoms with Crippen molar-refractivity contribution in [3.63, 3.8) is 0 Å². The van der Waals surface area contributed by atoms with Crippen LogP contribution in [0.5, 0.6) is 5.75 Å². The van der Waals surface area contributed by atoms with Crippen molar-refractivity contribution >= 4 is 16.1 Å². The van der Waals surface area contributed by atoms with Crippen LogP contribution in [-0.2, 0) is 16.6 Å². The molecule has 0 bridgehead atoms. The lowest BCUT2D eigenvalue weighted by Crippen LogP contribution is -2.51. The highest BCUT2D eigenvalue weighted by Gasteiger charge is 2.39. The van der Waals surface area contributed by atoms with E-state index >= 15 is 0 Å². The molecule has 4 rings (SSSR count). The van der Waals surface area contributed by atoms with Gasteiger partial charge in [0.25, 0.3) is 10.0 Å². The molecule has 196 valence electrons. The smallest absolute Gasteiger partial charge is 0.331 e. The van der Waals surface area contributed by atoms with Crippen molar-refractivity contribution in [2.45, 2.75) is 57.9 Å². The zero-order valence-corrected chi connectivity index (χ0v) is 22.5. The summed E-state index contributed by atoms with van der Waals surface area (Å²) >= 11 is 0. The Morgan fingerprint density at radius 1 is 0.972 bits per heavy atom. The first-order chi connectivity index (χ1) is 17.2. The highest BCUT2D eigenvalue weighted by atomic mass is 32.2. The molecule has 2 aliphatic heterocycles. The molecular weight excluding hydrogens is 474 g/mol. The Balaban J connectivity index is 1.28. The van der Waals surface area contributed by atoms with Gasteiger partial charge in [0, 0.05) is 25.2 Å². The predicted octanol–water partition coefficient (Wildman–Crippen LogP) is 4.81. The quantitative estimate of drug-likeness (QED) is 0.575. The number of nitrogens with one attached hydrogen (secondary N) is 1. The largest absolute Gasteiger partial charge is 0.493 e. The van der Waals surface area contributed by atoms with Crippen LogP contribution in [-0.4, -0.2) is 57.0 Å². The van der Waals surface area contributed by atoms with Gasteiger partial charge in [0.05, 0.1) is 11.5 Å². The molecule has 0 saturated carbocycles. The number of sulfonamides is 1. The van der Waals surface area contributed by atoms with Gasteiger partial charge in [-0.3, -0.25) is 4.90 Å². The normalized spacial score (nSPS) is 18.4. The molecule has 0 aliphatic carbocycles. The first kappa shape index (κ1) is 26.5. The number of ether oxygens (including phenoxy) is 1. The fourth-order valence-electron chi connectivity index (χ4n) is 5.23. The molecule has 7 nitrogen and oxygen atoms in total. The van der Waals surface area contributed by atoms with Gasteiger partial charge < -0.3 is 9.64 Å². The average Bonchev–Trinajstić information content (AvgIpc) is 2.85. The van der Waals surface area contributed by atoms with E-state index in [1.165, 1.54) is 11.6 Å². The standard InChI is InChI=1S/C28H39N3O4S/c1-22(2)21-35-25-10-6-5-9-24(25)20-30-16-12-28(13-17-30)14-18-31(19-15-28)27(32)29-36(33,34)26-11-7-4-8-23(26)3/h4-11,22H,12-21H2,1-3H3,(H,29,32). The van der Waals surface area contributed by atoms with Crippen LogP contribution in [0, 0.1) is 18.3 Å². The second-order valence-corrected chi connectivity index (χ2v) is 12.4. The lowest BCUT2D eigenvalue weighted by Gasteiger charge is -2.46. The van der Waals surface area contributed by atoms with Gasteiger partial charge in [-0.05, 0) is 74.7 Å². The number of urea groups is 1. The van der Waals surface area contributed by atoms with E-state index in [2.05, 4.69) is 41.7 Å². The Hall–Kier alpha value is -2.58. The Bertz CT molecular complexity index is 1150. The van der Waals surface area contributed by atoms with Crippen LogP contribution in [0.15, 0.2) is 53.4 Å². The second kappa shape index (κ2) is 11.2. The molecule has 2 amide bonds. The Morgan fingerprint density at radius 2 is 1.58 bits per heavy atom. The minimum atomic E-state index is -3.88. The fraction of sp³-hybridized carbons (Fsp3) is 0.536. The molecule has 2 aliphatic rings. The molecule has 2 saturated heterocycles. The number of amides is 2. The van der Waals surface area contributed by atoms with Gasteiger partial charge in [-0.2, -0.15) is 0 Å². The van der Waals surface area contributed by atoms with E-state index in [1.807, 2.05) is 6.07 Å². The van der Waals surface area contributed by atoms with Gasteiger partial charge in [-0.1, -0.05) is 50.2 Å². The van der Waals surface area contributed by atoms with Gasteiger partial charge in [-0.25, -0.2) is 17.9 Å². The Kier molecular flexibility index (Phi) is 8.25. The molecule has 0 atom stereocenters. The summed E-state index contributed by atoms with van der Waals surface area (Å²) in [5.74, 6) is 1.47. The number of aryl methyl sites for hydroxylation is 1. The van der Waals surface area contributed by atoms with Crippen molar-refractivity contribution < 1.29 is 17.9 Å². The number of para-hydroxylation sites is 1. The van der Waals surface area contributed by atoms with Crippen molar-refractivity contribution in [3.8, 4) is 5.75 Å². The number of rotatable bonds is 7. The molecule has 0 radical (unpaired) electrons. The first-order valence-corrected chi connectivity index (χ1v) is 14.5. The van der Waals surface area contributed by atoms with Crippen molar-refractivity contribution in [2.24, 2.45) is 11.3 Å². The molecule has 2 aromatic carbocycles. The van der Waals surface area contributed by atoms with Crippen molar-refractivity contribution in [2.75, 3.05) is 32.8 Å². The van der Waals surface area contributed by atoms with E-state index in [4.69, 9.17) is 4.74 Å². The van der Waals surface area contributed by atoms with Crippen LogP contribution in [0.1, 0.15) is 50.7 Å². The molecule has 0 aromatic heterocycles. The number of hydrogen-bond donors (Lipinski definition) is 1. The van der Waals surface area contributed by atoms with E-state index in [-0.39, 0.29) is 10.3 Å². The summed E-state index contributed by atoms with van der Waals surface area (Å²) in [7, 11) is -3.88. The summed E-state index contributed by atoms with van der Waals surface area (Å²) < 4.78 is 33.7. The third-order valence-corrected chi connectivity index (χ3v) is 9.05. The summed E-state index contributed by atoms with van der Waals surface area (Å²) in [5, 5.41) is 0. The molecule has 1 spiro atoms. The Labute approximate surface area is 215 Å². The number of nitrogens with zero attached hydrogens (tertiary/aromatic N) is 2. The average molecular weight is 514 g/mol. The lowest BCUT2D eigenvalue weighted by atomic mass is 9.71. The zero-order chi connectivity index (χ0) is 25.8. The minimum absolute atomic E-state index is 0.149. The first-order valence-electron chi connectivity index (χ1n) is 13.0. The van der Waals surface area contributed by atoms with Gasteiger partial charge in [0.2, 0.25) is 0 Å². The second-order valence-electron chi connectivity index (χ2n) is 10.8. The molecule has 1 N–H and O–H groups in total. The maximum absolute atomic E-state index is 12.8. The summed E-state index contributed by atoms with van der Waals surface area (Å²) in [5.41, 5.74) is 2.09. The van der Waals surface area contributed by atoms with Crippen LogP contribution in [0.4, 0.5) is 4.79 Å². The summed E-state index contributed by atoms with van der Waals surface area (Å²) in [4.78, 5) is 17.1. The zero-order valence-electron chi connectivity index (χ0n) is 21.7. The van der Waals surface area contributed by atoms with Crippen LogP contribution in [0.2, 0.25) is 0 Å². The number of hydrogen-bond acceptors (Lipinski definition) is 5. The summed E-state index contributed by atoms with van der Waals surface area (Å²) in [6.45, 7) is 10.9. The molecule has 36 heavy (non-hydrogen) atoms. The topological polar surface area (TPSA) is 79.0 Å². The molecular formula is C28H39N3O4S. The Morgan fingerprint density at radius 3 is 2.25 bits per heavy atom. The summed E-state index contributed by atoms with van der Waals surface area (Å²) in [6, 6.07) is 14.5. The molecule has 2 fully saturated rings. The van der Waals surface area contributed by atoms with Crippen LogP contribution in [0.3, 0.4) is 0 Å². The molecule has 2 heterocycles. The third kappa shape index (κ3) is 6.40. The highest BCUT2D eigenvalue weighted by Crippen LogP contribution is 2.41. The van der Waals surface area contributed by atoms with Crippen molar-refractivity contribution in [3.05, 3.63) is 59.7 Å². The highest BCUT2D eigenvalue weighted by molar-refractivity contribution is 7.90. The van der Waals surface area contributed by atoms with Gasteiger partial charge in [0.1, 0.15) is 5.75 Å². The summed E-state index contributed by atoms with van der Waals surface area (Å²) in [6.07, 6.45) is 4.01. The maximum atomic E-state index is 12.8. The van der Waals surface area contributed by atoms with Gasteiger partial charge >= 0.3 is 6.03 Å². The van der Waals surface area contributed by atoms with E-state index in [1.54, 1.807) is 30.0 Å². The van der Waals surface area contributed by atoms with Gasteiger partial charge in [0.15, 0.2) is 0 Å². The van der Waals surface area contributed by atoms with E-state index in [0.717, 1.165) is 57.7 Å². The number of piperidine rings is 2. The van der Waals surface area contributed by atoms with Crippen molar-refractivity contribution in [1.82, 2.24) is 14.5 Å². The fourth-order valence-corrected chi connectivity index (χ4v) is 6.45. The third-order valence-electron chi connectivity index (χ3n) is 7.57. The molecule has 8 heteroatoms. The van der Waals surface area contributed by atoms with Gasteiger partial charge in [-0.15, -0.1) is 0 Å². The number of likely N-dealkylation sites (tertiary alicyclic amines) is 2. The van der Waals surface area contributed by atoms with Crippen LogP contribution < -0.4 is 9.46 Å². The van der Waals surface area contributed by atoms with Crippen LogP contribution >= 0.6 is 0 Å². The van der Waals surface area contributed by atoms with Crippen molar-refractivity contribution in [1.29, 1.82) is 0 Å². The van der Waals surface area contributed by atoms with E-state index in [0.29, 0.717) is 24.6 Å². The molecule has 2 aromatic rings. The predicted molar refractivity (Wildman–Crippen MR) is 141 cm³/mol. The SMILES string of the molecule is Cc1ccccc1S(=O)(=O)NC(=O)N1CCC2(CCN(Cc3ccccc3OCC(C)C)CC2)CC1. The lowest BCUT2D eigenvalue weighted by molar-refractivity contribution is 0.0428. The monoisotopic (exact) mass is 513 g/mol. The number of carbonyl (C=O) groups excluding carboxylic acids is 1. The maximum Gasteiger partial charge on any atom is 0.331 e. The van der Waals surface area contributed by atoms with Crippen LogP contribution in [0.25, 0.3) is 0 Å². The van der Waals surface area contributed by atoms with E-state index in [9.17, 15) is 13.2 Å². The minimum Gasteiger partial charge on any atom is -0.493 e. The van der Waals surface area contributed by atoms with E-state index < -0.39 is 16.1 Å².